The van der Waals surface area contributed by atoms with Gasteiger partial charge in [0.2, 0.25) is 10.0 Å². The summed E-state index contributed by atoms with van der Waals surface area (Å²) in [7, 11) is -3.76. The monoisotopic (exact) mass is 376 g/mol. The van der Waals surface area contributed by atoms with Gasteiger partial charge >= 0.3 is 5.97 Å². The Morgan fingerprint density at radius 1 is 1.33 bits per heavy atom. The number of rotatable bonds is 5. The topological polar surface area (TPSA) is 96.4 Å². The first-order valence-corrected chi connectivity index (χ1v) is 8.97. The summed E-state index contributed by atoms with van der Waals surface area (Å²) in [6.07, 6.45) is 6.35. The molecule has 0 radical (unpaired) electrons. The number of aromatic nitrogens is 1. The molecular weight excluding hydrogens is 360 g/mol. The fraction of sp³-hybridized carbons (Fsp3) is 0.538. The number of sulfonamides is 1. The first-order chi connectivity index (χ1) is 9.86. The SMILES string of the molecule is O=C(O)C1(CNS(=O)(=O)c2cncc(Br)c2)CCCCC1. The number of halogens is 1. The van der Waals surface area contributed by atoms with Gasteiger partial charge in [0, 0.05) is 23.4 Å². The number of aliphatic carboxylic acids is 1. The Kier molecular flexibility index (Phi) is 5.00. The predicted molar refractivity (Wildman–Crippen MR) is 80.3 cm³/mol. The van der Waals surface area contributed by atoms with E-state index in [0.717, 1.165) is 19.3 Å². The van der Waals surface area contributed by atoms with Crippen LogP contribution in [0.3, 0.4) is 0 Å². The lowest BCUT2D eigenvalue weighted by Gasteiger charge is -2.33. The molecule has 0 unspecified atom stereocenters. The first kappa shape index (κ1) is 16.4. The van der Waals surface area contributed by atoms with E-state index < -0.39 is 21.4 Å². The second kappa shape index (κ2) is 6.41. The van der Waals surface area contributed by atoms with Gasteiger partial charge in [-0.25, -0.2) is 13.1 Å². The van der Waals surface area contributed by atoms with E-state index in [2.05, 4.69) is 25.6 Å². The second-order valence-electron chi connectivity index (χ2n) is 5.31. The van der Waals surface area contributed by atoms with Gasteiger partial charge in [-0.1, -0.05) is 19.3 Å². The number of nitrogens with zero attached hydrogens (tertiary/aromatic N) is 1. The molecule has 1 aliphatic rings. The fourth-order valence-electron chi connectivity index (χ4n) is 2.55. The van der Waals surface area contributed by atoms with Crippen LogP contribution in [0, 0.1) is 5.41 Å². The van der Waals surface area contributed by atoms with E-state index in [1.165, 1.54) is 18.5 Å². The van der Waals surface area contributed by atoms with Gasteiger partial charge in [0.05, 0.1) is 5.41 Å². The van der Waals surface area contributed by atoms with Crippen molar-refractivity contribution in [3.05, 3.63) is 22.9 Å². The normalized spacial score (nSPS) is 18.3. The van der Waals surface area contributed by atoms with E-state index in [4.69, 9.17) is 0 Å². The third kappa shape index (κ3) is 3.81. The highest BCUT2D eigenvalue weighted by atomic mass is 79.9. The summed E-state index contributed by atoms with van der Waals surface area (Å²) in [5.74, 6) is -0.933. The Hall–Kier alpha value is -0.990. The van der Waals surface area contributed by atoms with Gasteiger partial charge in [-0.2, -0.15) is 0 Å². The van der Waals surface area contributed by atoms with Crippen LogP contribution in [0.25, 0.3) is 0 Å². The van der Waals surface area contributed by atoms with E-state index in [9.17, 15) is 18.3 Å². The molecule has 2 rings (SSSR count). The van der Waals surface area contributed by atoms with E-state index in [1.54, 1.807) is 0 Å². The molecule has 1 aromatic heterocycles. The maximum absolute atomic E-state index is 12.2. The van der Waals surface area contributed by atoms with E-state index in [1.807, 2.05) is 0 Å². The highest BCUT2D eigenvalue weighted by Crippen LogP contribution is 2.36. The van der Waals surface area contributed by atoms with Crippen molar-refractivity contribution in [2.45, 2.75) is 37.0 Å². The number of carbonyl (C=O) groups is 1. The summed E-state index contributed by atoms with van der Waals surface area (Å²) < 4.78 is 27.4. The quantitative estimate of drug-likeness (QED) is 0.820. The molecule has 1 fully saturated rings. The molecular formula is C13H17BrN2O4S. The smallest absolute Gasteiger partial charge is 0.310 e. The largest absolute Gasteiger partial charge is 0.481 e. The third-order valence-electron chi connectivity index (χ3n) is 3.86. The van der Waals surface area contributed by atoms with Crippen LogP contribution in [0.2, 0.25) is 0 Å². The van der Waals surface area contributed by atoms with E-state index in [-0.39, 0.29) is 11.4 Å². The van der Waals surface area contributed by atoms with Crippen LogP contribution >= 0.6 is 15.9 Å². The van der Waals surface area contributed by atoms with Crippen molar-refractivity contribution in [2.75, 3.05) is 6.54 Å². The number of nitrogens with one attached hydrogen (secondary N) is 1. The Morgan fingerprint density at radius 3 is 2.57 bits per heavy atom. The van der Waals surface area contributed by atoms with Crippen molar-refractivity contribution in [3.63, 3.8) is 0 Å². The van der Waals surface area contributed by atoms with Gasteiger partial charge in [0.15, 0.2) is 0 Å². The minimum Gasteiger partial charge on any atom is -0.481 e. The van der Waals surface area contributed by atoms with Crippen LogP contribution in [-0.4, -0.2) is 31.0 Å². The molecule has 8 heteroatoms. The molecule has 1 aromatic rings. The van der Waals surface area contributed by atoms with E-state index in [0.29, 0.717) is 17.3 Å². The Labute approximate surface area is 132 Å². The van der Waals surface area contributed by atoms with Crippen molar-refractivity contribution in [1.82, 2.24) is 9.71 Å². The molecule has 0 spiro atoms. The second-order valence-corrected chi connectivity index (χ2v) is 7.99. The number of carboxylic acid groups (broad SMARTS) is 1. The first-order valence-electron chi connectivity index (χ1n) is 6.69. The zero-order valence-corrected chi connectivity index (χ0v) is 13.8. The molecule has 1 heterocycles. The van der Waals surface area contributed by atoms with Crippen LogP contribution in [0.4, 0.5) is 0 Å². The van der Waals surface area contributed by atoms with Gasteiger partial charge in [0.1, 0.15) is 4.90 Å². The fourth-order valence-corrected chi connectivity index (χ4v) is 4.18. The lowest BCUT2D eigenvalue weighted by molar-refractivity contribution is -0.150. The van der Waals surface area contributed by atoms with Crippen molar-refractivity contribution in [1.29, 1.82) is 0 Å². The molecule has 0 atom stereocenters. The van der Waals surface area contributed by atoms with Crippen molar-refractivity contribution in [3.8, 4) is 0 Å². The molecule has 0 amide bonds. The number of carboxylic acids is 1. The Bertz CT molecular complexity index is 627. The lowest BCUT2D eigenvalue weighted by atomic mass is 9.74. The van der Waals surface area contributed by atoms with Crippen molar-refractivity contribution in [2.24, 2.45) is 5.41 Å². The van der Waals surface area contributed by atoms with Crippen LogP contribution in [0.5, 0.6) is 0 Å². The number of pyridine rings is 1. The molecule has 1 aliphatic carbocycles. The van der Waals surface area contributed by atoms with Gasteiger partial charge in [0.25, 0.3) is 0 Å². The third-order valence-corrected chi connectivity index (χ3v) is 5.66. The summed E-state index contributed by atoms with van der Waals surface area (Å²) in [5, 5.41) is 9.45. The minimum atomic E-state index is -3.76. The number of hydrogen-bond acceptors (Lipinski definition) is 4. The summed E-state index contributed by atoms with van der Waals surface area (Å²) >= 11 is 3.17. The van der Waals surface area contributed by atoms with Gasteiger partial charge < -0.3 is 5.11 Å². The molecule has 1 saturated carbocycles. The average molecular weight is 377 g/mol. The molecule has 2 N–H and O–H groups in total. The molecule has 6 nitrogen and oxygen atoms in total. The van der Waals surface area contributed by atoms with Crippen LogP contribution in [-0.2, 0) is 14.8 Å². The standard InChI is InChI=1S/C13H17BrN2O4S/c14-10-6-11(8-15-7-10)21(19,20)16-9-13(12(17)18)4-2-1-3-5-13/h6-8,16H,1-5,9H2,(H,17,18). The van der Waals surface area contributed by atoms with Gasteiger partial charge in [-0.3, -0.25) is 9.78 Å². The Balaban J connectivity index is 2.15. The maximum atomic E-state index is 12.2. The summed E-state index contributed by atoms with van der Waals surface area (Å²) in [4.78, 5) is 15.4. The zero-order chi connectivity index (χ0) is 15.5. The lowest BCUT2D eigenvalue weighted by Crippen LogP contribution is -2.44. The molecule has 0 aliphatic heterocycles. The molecule has 116 valence electrons. The van der Waals surface area contributed by atoms with Gasteiger partial charge in [-0.15, -0.1) is 0 Å². The summed E-state index contributed by atoms with van der Waals surface area (Å²) in [6, 6.07) is 1.43. The van der Waals surface area contributed by atoms with Crippen LogP contribution in [0.1, 0.15) is 32.1 Å². The maximum Gasteiger partial charge on any atom is 0.310 e. The van der Waals surface area contributed by atoms with E-state index >= 15 is 0 Å². The van der Waals surface area contributed by atoms with Gasteiger partial charge in [-0.05, 0) is 34.8 Å². The highest BCUT2D eigenvalue weighted by Gasteiger charge is 2.40. The van der Waals surface area contributed by atoms with Crippen LogP contribution in [0.15, 0.2) is 27.8 Å². The molecule has 21 heavy (non-hydrogen) atoms. The number of hydrogen-bond donors (Lipinski definition) is 2. The summed E-state index contributed by atoms with van der Waals surface area (Å²) in [6.45, 7) is -0.0861. The molecule has 0 aromatic carbocycles. The van der Waals surface area contributed by atoms with Crippen molar-refractivity contribution < 1.29 is 18.3 Å². The average Bonchev–Trinajstić information content (AvgIpc) is 2.46. The predicted octanol–water partition coefficient (Wildman–Crippen LogP) is 2.16. The summed E-state index contributed by atoms with van der Waals surface area (Å²) in [5.41, 5.74) is -0.995. The molecule has 0 bridgehead atoms. The molecule has 0 saturated heterocycles. The highest BCUT2D eigenvalue weighted by molar-refractivity contribution is 9.10. The zero-order valence-electron chi connectivity index (χ0n) is 11.4. The Morgan fingerprint density at radius 2 is 2.00 bits per heavy atom. The van der Waals surface area contributed by atoms with Crippen LogP contribution < -0.4 is 4.72 Å². The van der Waals surface area contributed by atoms with Crippen molar-refractivity contribution >= 4 is 31.9 Å². The minimum absolute atomic E-state index is 0.0215.